The number of carbonyl (C=O) groups is 2. The molecule has 0 saturated heterocycles. The molecule has 0 aliphatic carbocycles. The molecular weight excluding hydrogens is 402 g/mol. The summed E-state index contributed by atoms with van der Waals surface area (Å²) in [5.74, 6) is 1.01. The Bertz CT molecular complexity index is 1070. The molecule has 1 aromatic heterocycles. The lowest BCUT2D eigenvalue weighted by Gasteiger charge is -2.09. The number of fused-ring (bicyclic) bond motifs is 1. The molecule has 9 heteroatoms. The predicted molar refractivity (Wildman–Crippen MR) is 106 cm³/mol. The van der Waals surface area contributed by atoms with E-state index in [1.54, 1.807) is 47.0 Å². The minimum Gasteiger partial charge on any atom is -0.454 e. The molecule has 4 rings (SSSR count). The van der Waals surface area contributed by atoms with E-state index in [0.29, 0.717) is 39.2 Å². The van der Waals surface area contributed by atoms with Crippen LogP contribution in [-0.2, 0) is 0 Å². The van der Waals surface area contributed by atoms with Gasteiger partial charge in [0, 0.05) is 16.7 Å². The maximum Gasteiger partial charge on any atom is 0.256 e. The van der Waals surface area contributed by atoms with Crippen LogP contribution in [0.5, 0.6) is 11.5 Å². The fraction of sp³-hybridized carbons (Fsp3) is 0.105. The molecule has 1 amide bonds. The molecule has 2 heterocycles. The summed E-state index contributed by atoms with van der Waals surface area (Å²) < 4.78 is 12.4. The largest absolute Gasteiger partial charge is 0.454 e. The smallest absolute Gasteiger partial charge is 0.256 e. The lowest BCUT2D eigenvalue weighted by atomic mass is 10.2. The number of nitrogens with zero attached hydrogens (tertiary/aromatic N) is 2. The highest BCUT2D eigenvalue weighted by Gasteiger charge is 2.22. The van der Waals surface area contributed by atoms with Crippen LogP contribution in [-0.4, -0.2) is 34.8 Å². The second-order valence-electron chi connectivity index (χ2n) is 5.78. The van der Waals surface area contributed by atoms with E-state index < -0.39 is 0 Å². The minimum absolute atomic E-state index is 0.154. The molecule has 0 spiro atoms. The highest BCUT2D eigenvalue weighted by molar-refractivity contribution is 7.98. The first kappa shape index (κ1) is 18.4. The van der Waals surface area contributed by atoms with Crippen molar-refractivity contribution in [3.05, 3.63) is 58.7 Å². The van der Waals surface area contributed by atoms with Crippen LogP contribution in [0.25, 0.3) is 5.69 Å². The number of aldehydes is 1. The Morgan fingerprint density at radius 3 is 2.68 bits per heavy atom. The van der Waals surface area contributed by atoms with Gasteiger partial charge in [0.15, 0.2) is 28.8 Å². The molecule has 28 heavy (non-hydrogen) atoms. The topological polar surface area (TPSA) is 82.5 Å². The van der Waals surface area contributed by atoms with Crippen molar-refractivity contribution in [2.24, 2.45) is 0 Å². The molecule has 1 N–H and O–H groups in total. The molecule has 0 unspecified atom stereocenters. The normalized spacial score (nSPS) is 12.1. The van der Waals surface area contributed by atoms with Crippen LogP contribution in [0.1, 0.15) is 20.8 Å². The Balaban J connectivity index is 1.72. The standard InChI is InChI=1S/C19H14ClN3O4S/c1-28-19-22-17(21-18(25)11-2-4-12(20)5-3-11)14(9-24)23(19)13-6-7-15-16(8-13)27-10-26-15/h2-9H,10H2,1H3,(H,21,25). The molecule has 0 radical (unpaired) electrons. The summed E-state index contributed by atoms with van der Waals surface area (Å²) in [4.78, 5) is 28.8. The first-order valence-electron chi connectivity index (χ1n) is 8.19. The second kappa shape index (κ2) is 7.57. The Kier molecular flexibility index (Phi) is 4.97. The van der Waals surface area contributed by atoms with Gasteiger partial charge in [-0.1, -0.05) is 23.4 Å². The summed E-state index contributed by atoms with van der Waals surface area (Å²) in [6.45, 7) is 0.154. The van der Waals surface area contributed by atoms with Gasteiger partial charge in [-0.3, -0.25) is 14.2 Å². The van der Waals surface area contributed by atoms with Gasteiger partial charge in [-0.05, 0) is 42.7 Å². The van der Waals surface area contributed by atoms with Crippen molar-refractivity contribution in [1.29, 1.82) is 0 Å². The van der Waals surface area contributed by atoms with Crippen LogP contribution in [0.2, 0.25) is 5.02 Å². The van der Waals surface area contributed by atoms with Crippen molar-refractivity contribution < 1.29 is 19.1 Å². The number of hydrogen-bond acceptors (Lipinski definition) is 6. The number of halogens is 1. The lowest BCUT2D eigenvalue weighted by Crippen LogP contribution is -2.13. The SMILES string of the molecule is CSc1nc(NC(=O)c2ccc(Cl)cc2)c(C=O)n1-c1ccc2c(c1)OCO2. The fourth-order valence-electron chi connectivity index (χ4n) is 2.80. The molecule has 3 aromatic rings. The fourth-order valence-corrected chi connectivity index (χ4v) is 3.50. The first-order chi connectivity index (χ1) is 13.6. The van der Waals surface area contributed by atoms with Crippen molar-refractivity contribution in [2.45, 2.75) is 5.16 Å². The third-order valence-electron chi connectivity index (χ3n) is 4.13. The molecular formula is C19H14ClN3O4S. The molecule has 1 aliphatic rings. The van der Waals surface area contributed by atoms with Crippen LogP contribution < -0.4 is 14.8 Å². The van der Waals surface area contributed by atoms with Gasteiger partial charge in [0.1, 0.15) is 5.69 Å². The van der Waals surface area contributed by atoms with Gasteiger partial charge in [0.25, 0.3) is 5.91 Å². The van der Waals surface area contributed by atoms with Crippen molar-refractivity contribution in [3.63, 3.8) is 0 Å². The van der Waals surface area contributed by atoms with Crippen LogP contribution in [0.4, 0.5) is 5.82 Å². The van der Waals surface area contributed by atoms with Crippen LogP contribution in [0, 0.1) is 0 Å². The van der Waals surface area contributed by atoms with Crippen molar-refractivity contribution >= 4 is 41.4 Å². The van der Waals surface area contributed by atoms with E-state index >= 15 is 0 Å². The number of carbonyl (C=O) groups excluding carboxylic acids is 2. The third kappa shape index (κ3) is 3.32. The molecule has 0 atom stereocenters. The van der Waals surface area contributed by atoms with Gasteiger partial charge in [0.2, 0.25) is 6.79 Å². The van der Waals surface area contributed by atoms with Gasteiger partial charge < -0.3 is 14.8 Å². The number of rotatable bonds is 5. The maximum absolute atomic E-state index is 12.5. The Labute approximate surface area is 169 Å². The van der Waals surface area contributed by atoms with Crippen molar-refractivity contribution in [3.8, 4) is 17.2 Å². The summed E-state index contributed by atoms with van der Waals surface area (Å²) in [5.41, 5.74) is 1.31. The molecule has 1 aliphatic heterocycles. The van der Waals surface area contributed by atoms with Crippen molar-refractivity contribution in [2.75, 3.05) is 18.4 Å². The number of thioether (sulfide) groups is 1. The van der Waals surface area contributed by atoms with Gasteiger partial charge in [-0.15, -0.1) is 0 Å². The minimum atomic E-state index is -0.386. The number of nitrogens with one attached hydrogen (secondary N) is 1. The lowest BCUT2D eigenvalue weighted by molar-refractivity contribution is 0.102. The molecule has 2 aromatic carbocycles. The average Bonchev–Trinajstić information content (AvgIpc) is 3.31. The van der Waals surface area contributed by atoms with E-state index in [2.05, 4.69) is 10.3 Å². The molecule has 7 nitrogen and oxygen atoms in total. The zero-order valence-electron chi connectivity index (χ0n) is 14.6. The van der Waals surface area contributed by atoms with E-state index in [4.69, 9.17) is 21.1 Å². The Morgan fingerprint density at radius 2 is 1.96 bits per heavy atom. The number of amides is 1. The van der Waals surface area contributed by atoms with E-state index in [1.807, 2.05) is 6.26 Å². The zero-order chi connectivity index (χ0) is 19.7. The number of aromatic nitrogens is 2. The van der Waals surface area contributed by atoms with Crippen molar-refractivity contribution in [1.82, 2.24) is 9.55 Å². The predicted octanol–water partition coefficient (Wildman–Crippen LogP) is 4.04. The summed E-state index contributed by atoms with van der Waals surface area (Å²) in [7, 11) is 0. The van der Waals surface area contributed by atoms with E-state index in [1.165, 1.54) is 11.8 Å². The van der Waals surface area contributed by atoms with Gasteiger partial charge in [-0.2, -0.15) is 0 Å². The second-order valence-corrected chi connectivity index (χ2v) is 6.99. The first-order valence-corrected chi connectivity index (χ1v) is 9.80. The number of benzene rings is 2. The molecule has 0 bridgehead atoms. The Morgan fingerprint density at radius 1 is 1.21 bits per heavy atom. The van der Waals surface area contributed by atoms with Crippen LogP contribution in [0.3, 0.4) is 0 Å². The zero-order valence-corrected chi connectivity index (χ0v) is 16.2. The van der Waals surface area contributed by atoms with Gasteiger partial charge >= 0.3 is 0 Å². The number of hydrogen-bond donors (Lipinski definition) is 1. The summed E-state index contributed by atoms with van der Waals surface area (Å²) in [5, 5.41) is 3.78. The summed E-state index contributed by atoms with van der Waals surface area (Å²) >= 11 is 7.21. The monoisotopic (exact) mass is 415 g/mol. The van der Waals surface area contributed by atoms with E-state index in [0.717, 1.165) is 0 Å². The number of ether oxygens (including phenoxy) is 2. The van der Waals surface area contributed by atoms with Gasteiger partial charge in [0.05, 0.1) is 5.69 Å². The van der Waals surface area contributed by atoms with Gasteiger partial charge in [-0.25, -0.2) is 4.98 Å². The quantitative estimate of drug-likeness (QED) is 0.500. The molecule has 0 saturated carbocycles. The van der Waals surface area contributed by atoms with E-state index in [9.17, 15) is 9.59 Å². The Hall–Kier alpha value is -2.97. The number of imidazole rings is 1. The molecule has 142 valence electrons. The average molecular weight is 416 g/mol. The van der Waals surface area contributed by atoms with Crippen LogP contribution >= 0.6 is 23.4 Å². The summed E-state index contributed by atoms with van der Waals surface area (Å²) in [6, 6.07) is 11.8. The highest BCUT2D eigenvalue weighted by Crippen LogP contribution is 2.36. The number of anilines is 1. The molecule has 0 fully saturated rings. The maximum atomic E-state index is 12.5. The highest BCUT2D eigenvalue weighted by atomic mass is 35.5. The van der Waals surface area contributed by atoms with Crippen LogP contribution in [0.15, 0.2) is 47.6 Å². The van der Waals surface area contributed by atoms with E-state index in [-0.39, 0.29) is 24.2 Å². The summed E-state index contributed by atoms with van der Waals surface area (Å²) in [6.07, 6.45) is 2.50. The third-order valence-corrected chi connectivity index (χ3v) is 5.02.